The molecule has 162 valence electrons. The minimum atomic E-state index is -0.398. The summed E-state index contributed by atoms with van der Waals surface area (Å²) in [5, 5.41) is 8.89. The molecule has 0 atom stereocenters. The molecule has 0 bridgehead atoms. The number of amides is 2. The van der Waals surface area contributed by atoms with Gasteiger partial charge in [0.2, 0.25) is 5.91 Å². The summed E-state index contributed by atoms with van der Waals surface area (Å²) in [6.07, 6.45) is 2.95. The van der Waals surface area contributed by atoms with Crippen molar-refractivity contribution in [3.8, 4) is 5.75 Å². The van der Waals surface area contributed by atoms with Crippen LogP contribution in [0.4, 0.5) is 11.4 Å². The third-order valence-electron chi connectivity index (χ3n) is 4.07. The van der Waals surface area contributed by atoms with Gasteiger partial charge in [0.25, 0.3) is 5.91 Å². The fourth-order valence-electron chi connectivity index (χ4n) is 2.63. The van der Waals surface area contributed by atoms with Crippen LogP contribution in [-0.2, 0) is 9.59 Å². The van der Waals surface area contributed by atoms with Crippen molar-refractivity contribution < 1.29 is 14.3 Å². The minimum Gasteiger partial charge on any atom is -0.484 e. The van der Waals surface area contributed by atoms with E-state index in [1.165, 1.54) is 6.08 Å². The molecular weight excluding hydrogens is 446 g/mol. The summed E-state index contributed by atoms with van der Waals surface area (Å²) in [6.45, 7) is -0.117. The van der Waals surface area contributed by atoms with E-state index in [1.807, 2.05) is 30.3 Å². The first-order chi connectivity index (χ1) is 15.5. The lowest BCUT2D eigenvalue weighted by Crippen LogP contribution is -2.32. The highest BCUT2D eigenvalue weighted by Crippen LogP contribution is 2.17. The van der Waals surface area contributed by atoms with Crippen LogP contribution in [0.2, 0.25) is 5.02 Å². The number of thiocarbonyl (C=S) groups is 1. The van der Waals surface area contributed by atoms with Gasteiger partial charge in [0.05, 0.1) is 0 Å². The minimum absolute atomic E-state index is 0.117. The number of carbonyl (C=O) groups excluding carboxylic acids is 2. The fraction of sp³-hybridized carbons (Fsp3) is 0.0417. The van der Waals surface area contributed by atoms with Gasteiger partial charge < -0.3 is 15.4 Å². The summed E-state index contributed by atoms with van der Waals surface area (Å²) in [4.78, 5) is 24.2. The second-order valence-corrected chi connectivity index (χ2v) is 7.34. The van der Waals surface area contributed by atoms with E-state index < -0.39 is 5.91 Å². The van der Waals surface area contributed by atoms with Crippen LogP contribution in [0.1, 0.15) is 5.56 Å². The quantitative estimate of drug-likeness (QED) is 0.342. The SMILES string of the molecule is O=C(/C=C/c1ccccc1Cl)NC(=S)Nc1cccc(NC(=O)COc2ccccc2)c1. The van der Waals surface area contributed by atoms with Crippen molar-refractivity contribution in [2.24, 2.45) is 0 Å². The molecule has 0 aromatic heterocycles. The molecule has 0 aliphatic carbocycles. The standard InChI is InChI=1S/C24H20ClN3O3S/c25-21-12-5-4-7-17(21)13-14-22(29)28-24(32)27-19-9-6-8-18(15-19)26-23(30)16-31-20-10-2-1-3-11-20/h1-15H,16H2,(H,26,30)(H2,27,28,29,32)/b14-13+. The van der Waals surface area contributed by atoms with Gasteiger partial charge in [-0.15, -0.1) is 0 Å². The Bertz CT molecular complexity index is 1140. The van der Waals surface area contributed by atoms with Crippen molar-refractivity contribution in [1.82, 2.24) is 5.32 Å². The molecule has 0 spiro atoms. The number of carbonyl (C=O) groups is 2. The maximum Gasteiger partial charge on any atom is 0.262 e. The van der Waals surface area contributed by atoms with E-state index >= 15 is 0 Å². The van der Waals surface area contributed by atoms with Crippen LogP contribution in [0.3, 0.4) is 0 Å². The second-order valence-electron chi connectivity index (χ2n) is 6.53. The Kier molecular flexibility index (Phi) is 8.36. The van der Waals surface area contributed by atoms with Crippen molar-refractivity contribution >= 4 is 58.2 Å². The van der Waals surface area contributed by atoms with Gasteiger partial charge in [-0.1, -0.05) is 54.1 Å². The topological polar surface area (TPSA) is 79.5 Å². The van der Waals surface area contributed by atoms with Crippen molar-refractivity contribution in [2.45, 2.75) is 0 Å². The number of anilines is 2. The molecule has 0 saturated heterocycles. The van der Waals surface area contributed by atoms with Crippen molar-refractivity contribution in [3.63, 3.8) is 0 Å². The number of hydrogen-bond acceptors (Lipinski definition) is 4. The van der Waals surface area contributed by atoms with E-state index in [4.69, 9.17) is 28.6 Å². The lowest BCUT2D eigenvalue weighted by molar-refractivity contribution is -0.118. The first kappa shape index (κ1) is 23.0. The zero-order valence-corrected chi connectivity index (χ0v) is 18.5. The lowest BCUT2D eigenvalue weighted by atomic mass is 10.2. The molecule has 0 saturated carbocycles. The molecular formula is C24H20ClN3O3S. The van der Waals surface area contributed by atoms with Gasteiger partial charge in [-0.2, -0.15) is 0 Å². The first-order valence-electron chi connectivity index (χ1n) is 9.62. The van der Waals surface area contributed by atoms with Gasteiger partial charge >= 0.3 is 0 Å². The van der Waals surface area contributed by atoms with Crippen LogP contribution in [0, 0.1) is 0 Å². The van der Waals surface area contributed by atoms with Gasteiger partial charge in [0, 0.05) is 22.5 Å². The Hall–Kier alpha value is -3.68. The van der Waals surface area contributed by atoms with Crippen LogP contribution in [-0.4, -0.2) is 23.5 Å². The Morgan fingerprint density at radius 2 is 1.59 bits per heavy atom. The average molecular weight is 466 g/mol. The van der Waals surface area contributed by atoms with Crippen molar-refractivity contribution in [3.05, 3.63) is 95.5 Å². The van der Waals surface area contributed by atoms with Crippen molar-refractivity contribution in [2.75, 3.05) is 17.2 Å². The molecule has 3 aromatic rings. The molecule has 2 amide bonds. The number of ether oxygens (including phenoxy) is 1. The van der Waals surface area contributed by atoms with E-state index in [1.54, 1.807) is 54.6 Å². The second kappa shape index (κ2) is 11.6. The highest BCUT2D eigenvalue weighted by molar-refractivity contribution is 7.80. The van der Waals surface area contributed by atoms with E-state index in [-0.39, 0.29) is 17.6 Å². The molecule has 0 aliphatic heterocycles. The number of hydrogen-bond donors (Lipinski definition) is 3. The third-order valence-corrected chi connectivity index (χ3v) is 4.62. The molecule has 8 heteroatoms. The molecule has 6 nitrogen and oxygen atoms in total. The average Bonchev–Trinajstić information content (AvgIpc) is 2.78. The maximum absolute atomic E-state index is 12.1. The lowest BCUT2D eigenvalue weighted by Gasteiger charge is -2.11. The molecule has 3 rings (SSSR count). The molecule has 0 aliphatic rings. The highest BCUT2D eigenvalue weighted by atomic mass is 35.5. The summed E-state index contributed by atoms with van der Waals surface area (Å²) >= 11 is 11.2. The Labute approximate surface area is 196 Å². The summed E-state index contributed by atoms with van der Waals surface area (Å²) in [7, 11) is 0. The van der Waals surface area contributed by atoms with Crippen LogP contribution in [0.15, 0.2) is 84.9 Å². The highest BCUT2D eigenvalue weighted by Gasteiger charge is 2.06. The molecule has 0 fully saturated rings. The summed E-state index contributed by atoms with van der Waals surface area (Å²) in [5.41, 5.74) is 1.89. The fourth-order valence-corrected chi connectivity index (χ4v) is 3.05. The summed E-state index contributed by atoms with van der Waals surface area (Å²) in [6, 6.07) is 23.2. The Morgan fingerprint density at radius 3 is 2.34 bits per heavy atom. The predicted molar refractivity (Wildman–Crippen MR) is 132 cm³/mol. The van der Waals surface area contributed by atoms with E-state index in [2.05, 4.69) is 16.0 Å². The van der Waals surface area contributed by atoms with Crippen LogP contribution < -0.4 is 20.7 Å². The zero-order valence-electron chi connectivity index (χ0n) is 16.9. The van der Waals surface area contributed by atoms with Gasteiger partial charge in [-0.3, -0.25) is 14.9 Å². The molecule has 0 heterocycles. The summed E-state index contributed by atoms with van der Waals surface area (Å²) < 4.78 is 5.43. The molecule has 0 unspecified atom stereocenters. The number of rotatable bonds is 7. The zero-order chi connectivity index (χ0) is 22.8. The number of nitrogens with one attached hydrogen (secondary N) is 3. The normalized spacial score (nSPS) is 10.4. The van der Waals surface area contributed by atoms with E-state index in [0.717, 1.165) is 5.56 Å². The number of halogens is 1. The predicted octanol–water partition coefficient (Wildman–Crippen LogP) is 4.88. The van der Waals surface area contributed by atoms with Crippen LogP contribution >= 0.6 is 23.8 Å². The van der Waals surface area contributed by atoms with Crippen molar-refractivity contribution in [1.29, 1.82) is 0 Å². The largest absolute Gasteiger partial charge is 0.484 e. The van der Waals surface area contributed by atoms with E-state index in [9.17, 15) is 9.59 Å². The van der Waals surface area contributed by atoms with Crippen LogP contribution in [0.5, 0.6) is 5.75 Å². The smallest absolute Gasteiger partial charge is 0.262 e. The number of para-hydroxylation sites is 1. The molecule has 3 aromatic carbocycles. The van der Waals surface area contributed by atoms with E-state index in [0.29, 0.717) is 22.1 Å². The number of benzene rings is 3. The molecule has 0 radical (unpaired) electrons. The Balaban J connectivity index is 1.49. The van der Waals surface area contributed by atoms with Gasteiger partial charge in [0.1, 0.15) is 5.75 Å². The monoisotopic (exact) mass is 465 g/mol. The maximum atomic E-state index is 12.1. The summed E-state index contributed by atoms with van der Waals surface area (Å²) in [5.74, 6) is -0.0840. The van der Waals surface area contributed by atoms with Crippen LogP contribution in [0.25, 0.3) is 6.08 Å². The molecule has 3 N–H and O–H groups in total. The third kappa shape index (κ3) is 7.54. The van der Waals surface area contributed by atoms with Gasteiger partial charge in [-0.25, -0.2) is 0 Å². The van der Waals surface area contributed by atoms with Gasteiger partial charge in [-0.05, 0) is 60.3 Å². The first-order valence-corrected chi connectivity index (χ1v) is 10.4. The van der Waals surface area contributed by atoms with Gasteiger partial charge in [0.15, 0.2) is 11.7 Å². The Morgan fingerprint density at radius 1 is 0.906 bits per heavy atom. The molecule has 32 heavy (non-hydrogen) atoms.